The molecule has 84 valence electrons. The Kier molecular flexibility index (Phi) is 2.88. The number of hydrogen-bond donors (Lipinski definition) is 1. The quantitative estimate of drug-likeness (QED) is 0.892. The van der Waals surface area contributed by atoms with Crippen LogP contribution in [0.4, 0.5) is 0 Å². The molecule has 1 aromatic carbocycles. The minimum atomic E-state index is -0.825. The SMILES string of the molecule is CCn1c(CC(=O)O)cc2c(Cl)cccc21. The van der Waals surface area contributed by atoms with Crippen molar-refractivity contribution >= 4 is 28.5 Å². The summed E-state index contributed by atoms with van der Waals surface area (Å²) in [7, 11) is 0. The van der Waals surface area contributed by atoms with E-state index in [2.05, 4.69) is 0 Å². The summed E-state index contributed by atoms with van der Waals surface area (Å²) in [5, 5.41) is 10.4. The van der Waals surface area contributed by atoms with Crippen LogP contribution in [0.5, 0.6) is 0 Å². The first-order valence-electron chi connectivity index (χ1n) is 5.12. The molecule has 0 fully saturated rings. The van der Waals surface area contributed by atoms with Gasteiger partial charge in [0.25, 0.3) is 0 Å². The Balaban J connectivity index is 2.66. The zero-order chi connectivity index (χ0) is 11.7. The second-order valence-electron chi connectivity index (χ2n) is 3.62. The van der Waals surface area contributed by atoms with E-state index in [1.54, 1.807) is 0 Å². The minimum Gasteiger partial charge on any atom is -0.481 e. The largest absolute Gasteiger partial charge is 0.481 e. The van der Waals surface area contributed by atoms with Gasteiger partial charge in [-0.25, -0.2) is 0 Å². The van der Waals surface area contributed by atoms with Crippen LogP contribution in [0.3, 0.4) is 0 Å². The van der Waals surface area contributed by atoms with Gasteiger partial charge in [0, 0.05) is 28.2 Å². The summed E-state index contributed by atoms with van der Waals surface area (Å²) in [5.41, 5.74) is 1.78. The van der Waals surface area contributed by atoms with Gasteiger partial charge in [-0.15, -0.1) is 0 Å². The van der Waals surface area contributed by atoms with Gasteiger partial charge in [0.05, 0.1) is 6.42 Å². The van der Waals surface area contributed by atoms with Gasteiger partial charge in [-0.2, -0.15) is 0 Å². The minimum absolute atomic E-state index is 0.0266. The van der Waals surface area contributed by atoms with E-state index in [-0.39, 0.29) is 6.42 Å². The Morgan fingerprint density at radius 1 is 1.50 bits per heavy atom. The third-order valence-corrected chi connectivity index (χ3v) is 2.96. The molecule has 2 rings (SSSR count). The fourth-order valence-electron chi connectivity index (χ4n) is 1.98. The average molecular weight is 238 g/mol. The highest BCUT2D eigenvalue weighted by Crippen LogP contribution is 2.27. The molecule has 3 nitrogen and oxygen atoms in total. The number of benzene rings is 1. The van der Waals surface area contributed by atoms with Crippen molar-refractivity contribution in [2.75, 3.05) is 0 Å². The van der Waals surface area contributed by atoms with Gasteiger partial charge >= 0.3 is 5.97 Å². The number of hydrogen-bond acceptors (Lipinski definition) is 1. The molecule has 1 aromatic heterocycles. The van der Waals surface area contributed by atoms with E-state index in [4.69, 9.17) is 16.7 Å². The summed E-state index contributed by atoms with van der Waals surface area (Å²) in [5.74, 6) is -0.825. The monoisotopic (exact) mass is 237 g/mol. The fraction of sp³-hybridized carbons (Fsp3) is 0.250. The van der Waals surface area contributed by atoms with E-state index in [1.165, 1.54) is 0 Å². The molecule has 0 atom stereocenters. The van der Waals surface area contributed by atoms with E-state index in [9.17, 15) is 4.79 Å². The number of nitrogens with zero attached hydrogens (tertiary/aromatic N) is 1. The van der Waals surface area contributed by atoms with E-state index < -0.39 is 5.97 Å². The third kappa shape index (κ3) is 1.78. The van der Waals surface area contributed by atoms with Crippen molar-refractivity contribution in [3.8, 4) is 0 Å². The number of carboxylic acid groups (broad SMARTS) is 1. The van der Waals surface area contributed by atoms with Gasteiger partial charge in [0.2, 0.25) is 0 Å². The van der Waals surface area contributed by atoms with E-state index in [1.807, 2.05) is 35.8 Å². The Labute approximate surface area is 98.3 Å². The first-order chi connectivity index (χ1) is 7.63. The zero-order valence-corrected chi connectivity index (χ0v) is 9.66. The molecule has 0 spiro atoms. The Bertz CT molecular complexity index is 545. The highest BCUT2D eigenvalue weighted by molar-refractivity contribution is 6.35. The van der Waals surface area contributed by atoms with Gasteiger partial charge in [0.15, 0.2) is 0 Å². The summed E-state index contributed by atoms with van der Waals surface area (Å²) < 4.78 is 1.98. The first kappa shape index (κ1) is 11.0. The zero-order valence-electron chi connectivity index (χ0n) is 8.90. The van der Waals surface area contributed by atoms with Gasteiger partial charge in [-0.1, -0.05) is 17.7 Å². The lowest BCUT2D eigenvalue weighted by atomic mass is 10.2. The average Bonchev–Trinajstić information content (AvgIpc) is 2.56. The Hall–Kier alpha value is -1.48. The molecule has 0 saturated carbocycles. The summed E-state index contributed by atoms with van der Waals surface area (Å²) >= 11 is 6.08. The van der Waals surface area contributed by atoms with E-state index in [0.29, 0.717) is 5.02 Å². The predicted octanol–water partition coefficient (Wildman–Crippen LogP) is 2.94. The molecule has 0 amide bonds. The van der Waals surface area contributed by atoms with Crippen molar-refractivity contribution < 1.29 is 9.90 Å². The van der Waals surface area contributed by atoms with Crippen LogP contribution in [0.15, 0.2) is 24.3 Å². The van der Waals surface area contributed by atoms with Gasteiger partial charge in [0.1, 0.15) is 0 Å². The summed E-state index contributed by atoms with van der Waals surface area (Å²) in [6, 6.07) is 7.50. The lowest BCUT2D eigenvalue weighted by Gasteiger charge is -2.05. The molecule has 0 radical (unpaired) electrons. The smallest absolute Gasteiger partial charge is 0.309 e. The molecule has 0 aliphatic rings. The predicted molar refractivity (Wildman–Crippen MR) is 64.0 cm³/mol. The number of aromatic nitrogens is 1. The van der Waals surface area contributed by atoms with Gasteiger partial charge in [-0.05, 0) is 25.1 Å². The van der Waals surface area contributed by atoms with Crippen LogP contribution in [0.1, 0.15) is 12.6 Å². The second-order valence-corrected chi connectivity index (χ2v) is 4.03. The lowest BCUT2D eigenvalue weighted by molar-refractivity contribution is -0.136. The van der Waals surface area contributed by atoms with Crippen LogP contribution in [0.25, 0.3) is 10.9 Å². The number of carboxylic acids is 1. The van der Waals surface area contributed by atoms with Crippen molar-refractivity contribution in [3.63, 3.8) is 0 Å². The van der Waals surface area contributed by atoms with Crippen LogP contribution < -0.4 is 0 Å². The molecular weight excluding hydrogens is 226 g/mol. The maximum absolute atomic E-state index is 10.8. The molecule has 0 saturated heterocycles. The van der Waals surface area contributed by atoms with Crippen LogP contribution >= 0.6 is 11.6 Å². The van der Waals surface area contributed by atoms with Crippen molar-refractivity contribution in [1.82, 2.24) is 4.57 Å². The van der Waals surface area contributed by atoms with Gasteiger partial charge < -0.3 is 9.67 Å². The standard InChI is InChI=1S/C12H12ClNO2/c1-2-14-8(7-12(15)16)6-9-10(13)4-3-5-11(9)14/h3-6H,2,7H2,1H3,(H,15,16). The van der Waals surface area contributed by atoms with Gasteiger partial charge in [-0.3, -0.25) is 4.79 Å². The molecule has 0 aliphatic heterocycles. The molecule has 0 bridgehead atoms. The normalized spacial score (nSPS) is 10.9. The van der Waals surface area contributed by atoms with E-state index in [0.717, 1.165) is 23.1 Å². The van der Waals surface area contributed by atoms with Crippen LogP contribution in [-0.4, -0.2) is 15.6 Å². The Morgan fingerprint density at radius 3 is 2.88 bits per heavy atom. The first-order valence-corrected chi connectivity index (χ1v) is 5.49. The van der Waals surface area contributed by atoms with Crippen LogP contribution in [-0.2, 0) is 17.8 Å². The molecule has 1 N–H and O–H groups in total. The number of aryl methyl sites for hydroxylation is 1. The topological polar surface area (TPSA) is 42.2 Å². The van der Waals surface area contributed by atoms with E-state index >= 15 is 0 Å². The molecule has 1 heterocycles. The number of rotatable bonds is 3. The molecule has 0 aliphatic carbocycles. The summed E-state index contributed by atoms with van der Waals surface area (Å²) in [4.78, 5) is 10.8. The van der Waals surface area contributed by atoms with Crippen molar-refractivity contribution in [2.45, 2.75) is 19.9 Å². The van der Waals surface area contributed by atoms with Crippen LogP contribution in [0.2, 0.25) is 5.02 Å². The molecule has 16 heavy (non-hydrogen) atoms. The molecule has 2 aromatic rings. The Morgan fingerprint density at radius 2 is 2.25 bits per heavy atom. The van der Waals surface area contributed by atoms with Crippen LogP contribution in [0, 0.1) is 0 Å². The number of carbonyl (C=O) groups is 1. The number of fused-ring (bicyclic) bond motifs is 1. The maximum atomic E-state index is 10.8. The van der Waals surface area contributed by atoms with Crippen molar-refractivity contribution in [1.29, 1.82) is 0 Å². The summed E-state index contributed by atoms with van der Waals surface area (Å²) in [6.07, 6.45) is 0.0266. The number of aliphatic carboxylic acids is 1. The van der Waals surface area contributed by atoms with Crippen molar-refractivity contribution in [2.24, 2.45) is 0 Å². The highest BCUT2D eigenvalue weighted by atomic mass is 35.5. The third-order valence-electron chi connectivity index (χ3n) is 2.63. The molecular formula is C12H12ClNO2. The maximum Gasteiger partial charge on any atom is 0.309 e. The molecule has 4 heteroatoms. The summed E-state index contributed by atoms with van der Waals surface area (Å²) in [6.45, 7) is 2.73. The number of halogens is 1. The fourth-order valence-corrected chi connectivity index (χ4v) is 2.20. The highest BCUT2D eigenvalue weighted by Gasteiger charge is 2.11. The molecule has 0 unspecified atom stereocenters. The lowest BCUT2D eigenvalue weighted by Crippen LogP contribution is -2.06. The second kappa shape index (κ2) is 4.18. The van der Waals surface area contributed by atoms with Crippen molar-refractivity contribution in [3.05, 3.63) is 35.0 Å².